The smallest absolute Gasteiger partial charge is 0.107 e. The van der Waals surface area contributed by atoms with Crippen LogP contribution in [0, 0.1) is 17.2 Å². The molecule has 1 N–H and O–H groups in total. The molecule has 0 aromatic rings. The first-order valence-corrected chi connectivity index (χ1v) is 5.52. The SMILES string of the molecule is CC1CC(C#N)(NCC2CCCO2)C1. The summed E-state index contributed by atoms with van der Waals surface area (Å²) >= 11 is 0. The minimum absolute atomic E-state index is 0.231. The van der Waals surface area contributed by atoms with E-state index in [2.05, 4.69) is 18.3 Å². The summed E-state index contributed by atoms with van der Waals surface area (Å²) in [7, 11) is 0. The Morgan fingerprint density at radius 2 is 2.36 bits per heavy atom. The van der Waals surface area contributed by atoms with Crippen LogP contribution in [-0.4, -0.2) is 24.8 Å². The number of nitrogens with one attached hydrogen (secondary N) is 1. The molecular formula is C11H18N2O. The molecule has 78 valence electrons. The molecule has 1 atom stereocenters. The van der Waals surface area contributed by atoms with Gasteiger partial charge in [0.1, 0.15) is 5.54 Å². The van der Waals surface area contributed by atoms with Crippen molar-refractivity contribution >= 4 is 0 Å². The van der Waals surface area contributed by atoms with Crippen LogP contribution >= 0.6 is 0 Å². The predicted octanol–water partition coefficient (Wildman–Crippen LogP) is 1.45. The molecule has 2 rings (SSSR count). The Bertz CT molecular complexity index is 234. The summed E-state index contributed by atoms with van der Waals surface area (Å²) in [5.74, 6) is 0.701. The zero-order chi connectivity index (χ0) is 10.0. The second-order valence-corrected chi connectivity index (χ2v) is 4.72. The summed E-state index contributed by atoms with van der Waals surface area (Å²) in [5, 5.41) is 12.4. The first kappa shape index (κ1) is 9.95. The largest absolute Gasteiger partial charge is 0.377 e. The van der Waals surface area contributed by atoms with Crippen molar-refractivity contribution in [3.63, 3.8) is 0 Å². The van der Waals surface area contributed by atoms with E-state index in [1.165, 1.54) is 6.42 Å². The van der Waals surface area contributed by atoms with Gasteiger partial charge in [0, 0.05) is 13.2 Å². The van der Waals surface area contributed by atoms with Crippen molar-refractivity contribution in [1.82, 2.24) is 5.32 Å². The highest BCUT2D eigenvalue weighted by atomic mass is 16.5. The molecule has 0 spiro atoms. The van der Waals surface area contributed by atoms with Crippen LogP contribution in [0.2, 0.25) is 0 Å². The monoisotopic (exact) mass is 194 g/mol. The Kier molecular flexibility index (Phi) is 2.76. The van der Waals surface area contributed by atoms with Crippen LogP contribution in [0.25, 0.3) is 0 Å². The molecule has 1 aliphatic heterocycles. The molecule has 2 fully saturated rings. The number of hydrogen-bond donors (Lipinski definition) is 1. The maximum atomic E-state index is 9.07. The molecule has 0 bridgehead atoms. The molecule has 0 amide bonds. The average Bonchev–Trinajstić information content (AvgIpc) is 2.63. The van der Waals surface area contributed by atoms with E-state index < -0.39 is 0 Å². The molecule has 2 aliphatic rings. The summed E-state index contributed by atoms with van der Waals surface area (Å²) in [5.41, 5.74) is -0.231. The van der Waals surface area contributed by atoms with Crippen LogP contribution in [0.3, 0.4) is 0 Å². The number of hydrogen-bond acceptors (Lipinski definition) is 3. The minimum atomic E-state index is -0.231. The molecule has 1 saturated heterocycles. The van der Waals surface area contributed by atoms with Gasteiger partial charge in [0.05, 0.1) is 12.2 Å². The standard InChI is InChI=1S/C11H18N2O/c1-9-5-11(6-9,8-12)13-7-10-3-2-4-14-10/h9-10,13H,2-7H2,1H3. The minimum Gasteiger partial charge on any atom is -0.377 e. The molecule has 3 nitrogen and oxygen atoms in total. The second-order valence-electron chi connectivity index (χ2n) is 4.72. The number of nitriles is 1. The van der Waals surface area contributed by atoms with Crippen LogP contribution in [-0.2, 0) is 4.74 Å². The quantitative estimate of drug-likeness (QED) is 0.739. The van der Waals surface area contributed by atoms with Gasteiger partial charge in [-0.15, -0.1) is 0 Å². The van der Waals surface area contributed by atoms with E-state index >= 15 is 0 Å². The van der Waals surface area contributed by atoms with Gasteiger partial charge in [-0.05, 0) is 31.6 Å². The lowest BCUT2D eigenvalue weighted by molar-refractivity contribution is 0.0875. The van der Waals surface area contributed by atoms with Crippen LogP contribution in [0.15, 0.2) is 0 Å². The van der Waals surface area contributed by atoms with Crippen molar-refractivity contribution in [3.05, 3.63) is 0 Å². The van der Waals surface area contributed by atoms with Crippen molar-refractivity contribution in [2.75, 3.05) is 13.2 Å². The highest BCUT2D eigenvalue weighted by Crippen LogP contribution is 2.36. The first-order valence-electron chi connectivity index (χ1n) is 5.52. The van der Waals surface area contributed by atoms with Crippen molar-refractivity contribution in [1.29, 1.82) is 5.26 Å². The lowest BCUT2D eigenvalue weighted by atomic mass is 9.70. The van der Waals surface area contributed by atoms with E-state index in [0.29, 0.717) is 12.0 Å². The maximum Gasteiger partial charge on any atom is 0.107 e. The molecule has 0 aromatic carbocycles. The Morgan fingerprint density at radius 1 is 1.57 bits per heavy atom. The zero-order valence-corrected chi connectivity index (χ0v) is 8.75. The normalized spacial score (nSPS) is 41.7. The van der Waals surface area contributed by atoms with Crippen LogP contribution in [0.5, 0.6) is 0 Å². The molecule has 1 aliphatic carbocycles. The van der Waals surface area contributed by atoms with Gasteiger partial charge < -0.3 is 4.74 Å². The second kappa shape index (κ2) is 3.88. The predicted molar refractivity (Wildman–Crippen MR) is 53.7 cm³/mol. The van der Waals surface area contributed by atoms with E-state index in [-0.39, 0.29) is 5.54 Å². The summed E-state index contributed by atoms with van der Waals surface area (Å²) in [6.07, 6.45) is 4.65. The molecule has 3 heteroatoms. The Hall–Kier alpha value is -0.590. The molecule has 1 unspecified atom stereocenters. The highest BCUT2D eigenvalue weighted by molar-refractivity contribution is 5.14. The summed E-state index contributed by atoms with van der Waals surface area (Å²) in [4.78, 5) is 0. The third-order valence-electron chi connectivity index (χ3n) is 3.30. The van der Waals surface area contributed by atoms with Crippen molar-refractivity contribution in [3.8, 4) is 6.07 Å². The van der Waals surface area contributed by atoms with Gasteiger partial charge >= 0.3 is 0 Å². The van der Waals surface area contributed by atoms with Crippen LogP contribution in [0.4, 0.5) is 0 Å². The lowest BCUT2D eigenvalue weighted by Crippen LogP contribution is -2.55. The third-order valence-corrected chi connectivity index (χ3v) is 3.30. The van der Waals surface area contributed by atoms with E-state index in [1.807, 2.05) is 0 Å². The molecule has 0 radical (unpaired) electrons. The van der Waals surface area contributed by atoms with Gasteiger partial charge in [0.2, 0.25) is 0 Å². The van der Waals surface area contributed by atoms with Gasteiger partial charge in [-0.25, -0.2) is 0 Å². The van der Waals surface area contributed by atoms with E-state index in [9.17, 15) is 0 Å². The highest BCUT2D eigenvalue weighted by Gasteiger charge is 2.42. The van der Waals surface area contributed by atoms with Crippen LogP contribution < -0.4 is 5.32 Å². The van der Waals surface area contributed by atoms with E-state index in [4.69, 9.17) is 10.00 Å². The topological polar surface area (TPSA) is 45.0 Å². The average molecular weight is 194 g/mol. The third kappa shape index (κ3) is 1.92. The van der Waals surface area contributed by atoms with Crippen molar-refractivity contribution in [2.45, 2.75) is 44.2 Å². The van der Waals surface area contributed by atoms with Gasteiger partial charge in [-0.3, -0.25) is 5.32 Å². The van der Waals surface area contributed by atoms with Crippen LogP contribution in [0.1, 0.15) is 32.6 Å². The fourth-order valence-electron chi connectivity index (χ4n) is 2.52. The lowest BCUT2D eigenvalue weighted by Gasteiger charge is -2.42. The van der Waals surface area contributed by atoms with Gasteiger partial charge in [-0.1, -0.05) is 6.92 Å². The van der Waals surface area contributed by atoms with E-state index in [0.717, 1.165) is 32.4 Å². The van der Waals surface area contributed by atoms with Gasteiger partial charge in [-0.2, -0.15) is 5.26 Å². The molecule has 1 heterocycles. The molecule has 14 heavy (non-hydrogen) atoms. The van der Waals surface area contributed by atoms with Gasteiger partial charge in [0.15, 0.2) is 0 Å². The summed E-state index contributed by atoms with van der Waals surface area (Å²) in [6.45, 7) is 3.94. The molecular weight excluding hydrogens is 176 g/mol. The van der Waals surface area contributed by atoms with Crippen molar-refractivity contribution in [2.24, 2.45) is 5.92 Å². The molecule has 1 saturated carbocycles. The Morgan fingerprint density at radius 3 is 2.86 bits per heavy atom. The van der Waals surface area contributed by atoms with Gasteiger partial charge in [0.25, 0.3) is 0 Å². The number of ether oxygens (including phenoxy) is 1. The summed E-state index contributed by atoms with van der Waals surface area (Å²) in [6, 6.07) is 2.40. The first-order chi connectivity index (χ1) is 6.74. The van der Waals surface area contributed by atoms with Crippen molar-refractivity contribution < 1.29 is 4.74 Å². The fraction of sp³-hybridized carbons (Fsp3) is 0.909. The maximum absolute atomic E-state index is 9.07. The fourth-order valence-corrected chi connectivity index (χ4v) is 2.52. The summed E-state index contributed by atoms with van der Waals surface area (Å²) < 4.78 is 5.52. The number of rotatable bonds is 3. The Balaban J connectivity index is 1.76. The van der Waals surface area contributed by atoms with E-state index in [1.54, 1.807) is 0 Å². The molecule has 0 aromatic heterocycles. The number of nitrogens with zero attached hydrogens (tertiary/aromatic N) is 1. The zero-order valence-electron chi connectivity index (χ0n) is 8.75. The Labute approximate surface area is 85.4 Å².